The van der Waals surface area contributed by atoms with Crippen LogP contribution in [0.2, 0.25) is 5.02 Å². The van der Waals surface area contributed by atoms with E-state index in [2.05, 4.69) is 4.98 Å². The van der Waals surface area contributed by atoms with Crippen molar-refractivity contribution in [1.29, 1.82) is 0 Å². The van der Waals surface area contributed by atoms with Gasteiger partial charge in [-0.3, -0.25) is 4.98 Å². The Morgan fingerprint density at radius 1 is 1.12 bits per heavy atom. The SMILES string of the molecule is O=C(N1CC2(CC(Cc3cncc(Cl)c3)C2)C1)N1CC2(C1)CS(=O)(=O)C2. The molecule has 1 aromatic rings. The number of pyridine rings is 1. The highest BCUT2D eigenvalue weighted by Crippen LogP contribution is 2.53. The van der Waals surface area contributed by atoms with Crippen molar-refractivity contribution >= 4 is 27.5 Å². The molecule has 3 saturated heterocycles. The van der Waals surface area contributed by atoms with Crippen LogP contribution in [0.5, 0.6) is 0 Å². The Labute approximate surface area is 158 Å². The highest BCUT2D eigenvalue weighted by Gasteiger charge is 2.59. The molecule has 26 heavy (non-hydrogen) atoms. The van der Waals surface area contributed by atoms with Crippen LogP contribution in [-0.4, -0.2) is 66.9 Å². The Kier molecular flexibility index (Phi) is 3.46. The van der Waals surface area contributed by atoms with Gasteiger partial charge in [-0.05, 0) is 36.8 Å². The van der Waals surface area contributed by atoms with Gasteiger partial charge in [-0.25, -0.2) is 13.2 Å². The molecule has 6 nitrogen and oxygen atoms in total. The van der Waals surface area contributed by atoms with E-state index in [0.717, 1.165) is 32.4 Å². The van der Waals surface area contributed by atoms with Gasteiger partial charge in [0.1, 0.15) is 0 Å². The van der Waals surface area contributed by atoms with E-state index in [9.17, 15) is 13.2 Å². The minimum absolute atomic E-state index is 0.0908. The Morgan fingerprint density at radius 2 is 1.73 bits per heavy atom. The van der Waals surface area contributed by atoms with E-state index in [4.69, 9.17) is 11.6 Å². The highest BCUT2D eigenvalue weighted by atomic mass is 35.5. The fraction of sp³-hybridized carbons (Fsp3) is 0.667. The van der Waals surface area contributed by atoms with Gasteiger partial charge in [-0.1, -0.05) is 11.6 Å². The van der Waals surface area contributed by atoms with Crippen LogP contribution >= 0.6 is 11.6 Å². The molecule has 2 amide bonds. The van der Waals surface area contributed by atoms with Gasteiger partial charge in [-0.2, -0.15) is 0 Å². The molecule has 1 aromatic heterocycles. The summed E-state index contributed by atoms with van der Waals surface area (Å²) in [4.78, 5) is 20.4. The maximum absolute atomic E-state index is 12.5. The van der Waals surface area contributed by atoms with E-state index in [0.29, 0.717) is 29.4 Å². The summed E-state index contributed by atoms with van der Waals surface area (Å²) in [6.45, 7) is 2.91. The van der Waals surface area contributed by atoms with Crippen LogP contribution in [0.15, 0.2) is 18.5 Å². The average molecular weight is 396 g/mol. The molecule has 0 atom stereocenters. The first-order valence-electron chi connectivity index (χ1n) is 9.09. The molecule has 0 radical (unpaired) electrons. The van der Waals surface area contributed by atoms with Crippen molar-refractivity contribution < 1.29 is 13.2 Å². The zero-order chi connectivity index (χ0) is 18.2. The summed E-state index contributed by atoms with van der Waals surface area (Å²) in [6.07, 6.45) is 6.86. The number of carbonyl (C=O) groups is 1. The number of urea groups is 1. The number of likely N-dealkylation sites (tertiary alicyclic amines) is 2. The van der Waals surface area contributed by atoms with Gasteiger partial charge in [0, 0.05) is 49.4 Å². The highest BCUT2D eigenvalue weighted by molar-refractivity contribution is 7.92. The second-order valence-electron chi connectivity index (χ2n) is 9.02. The average Bonchev–Trinajstić information content (AvgIpc) is 2.42. The summed E-state index contributed by atoms with van der Waals surface area (Å²) >= 11 is 5.99. The summed E-state index contributed by atoms with van der Waals surface area (Å²) in [5, 5.41) is 0.684. The molecule has 0 N–H and O–H groups in total. The van der Waals surface area contributed by atoms with Crippen molar-refractivity contribution in [3.63, 3.8) is 0 Å². The number of sulfone groups is 1. The number of amides is 2. The van der Waals surface area contributed by atoms with Crippen molar-refractivity contribution in [2.24, 2.45) is 16.7 Å². The van der Waals surface area contributed by atoms with Crippen LogP contribution in [0.4, 0.5) is 4.79 Å². The molecule has 140 valence electrons. The van der Waals surface area contributed by atoms with Crippen LogP contribution in [0.1, 0.15) is 18.4 Å². The maximum Gasteiger partial charge on any atom is 0.320 e. The minimum atomic E-state index is -2.82. The van der Waals surface area contributed by atoms with Crippen molar-refractivity contribution in [3.8, 4) is 0 Å². The van der Waals surface area contributed by atoms with Crippen LogP contribution < -0.4 is 0 Å². The lowest BCUT2D eigenvalue weighted by Gasteiger charge is -2.62. The molecular formula is C18H22ClN3O3S. The van der Waals surface area contributed by atoms with Crippen molar-refractivity contribution in [3.05, 3.63) is 29.0 Å². The normalized spacial score (nSPS) is 27.4. The third kappa shape index (κ3) is 2.71. The molecular weight excluding hydrogens is 374 g/mol. The summed E-state index contributed by atoms with van der Waals surface area (Å²) in [7, 11) is -2.82. The summed E-state index contributed by atoms with van der Waals surface area (Å²) < 4.78 is 22.7. The number of nitrogens with zero attached hydrogens (tertiary/aromatic N) is 3. The Hall–Kier alpha value is -1.34. The molecule has 8 heteroatoms. The quantitative estimate of drug-likeness (QED) is 0.766. The molecule has 5 rings (SSSR count). The van der Waals surface area contributed by atoms with E-state index < -0.39 is 9.84 Å². The van der Waals surface area contributed by atoms with E-state index >= 15 is 0 Å². The third-order valence-electron chi connectivity index (χ3n) is 6.43. The Bertz CT molecular complexity index is 853. The largest absolute Gasteiger partial charge is 0.323 e. The van der Waals surface area contributed by atoms with Crippen LogP contribution in [0.25, 0.3) is 0 Å². The number of aromatic nitrogens is 1. The van der Waals surface area contributed by atoms with Gasteiger partial charge in [0.05, 0.1) is 16.5 Å². The smallest absolute Gasteiger partial charge is 0.320 e. The van der Waals surface area contributed by atoms with E-state index in [1.807, 2.05) is 22.1 Å². The first kappa shape index (κ1) is 16.8. The Morgan fingerprint density at radius 3 is 2.31 bits per heavy atom. The first-order chi connectivity index (χ1) is 12.3. The lowest BCUT2D eigenvalue weighted by Crippen LogP contribution is -2.73. The number of halogens is 1. The molecule has 4 fully saturated rings. The zero-order valence-electron chi connectivity index (χ0n) is 14.5. The van der Waals surface area contributed by atoms with Crippen molar-refractivity contribution in [2.45, 2.75) is 19.3 Å². The van der Waals surface area contributed by atoms with Gasteiger partial charge in [-0.15, -0.1) is 0 Å². The van der Waals surface area contributed by atoms with Crippen molar-refractivity contribution in [1.82, 2.24) is 14.8 Å². The molecule has 0 aromatic carbocycles. The van der Waals surface area contributed by atoms with Crippen LogP contribution in [0, 0.1) is 16.7 Å². The van der Waals surface area contributed by atoms with Crippen LogP contribution in [-0.2, 0) is 16.3 Å². The number of hydrogen-bond acceptors (Lipinski definition) is 4. The maximum atomic E-state index is 12.5. The topological polar surface area (TPSA) is 70.6 Å². The van der Waals surface area contributed by atoms with Gasteiger partial charge in [0.25, 0.3) is 0 Å². The van der Waals surface area contributed by atoms with Crippen molar-refractivity contribution in [2.75, 3.05) is 37.7 Å². The standard InChI is InChI=1S/C18H22ClN3O3S/c19-15-2-13(5-20-6-15)1-14-3-17(4-14)7-21(8-17)16(23)22-9-18(10-22)11-26(24,25)12-18/h2,5-6,14H,1,3-4,7-12H2. The number of hydrogen-bond donors (Lipinski definition) is 0. The summed E-state index contributed by atoms with van der Waals surface area (Å²) in [5.41, 5.74) is 1.38. The van der Waals surface area contributed by atoms with E-state index in [-0.39, 0.29) is 23.0 Å². The molecule has 1 saturated carbocycles. The molecule has 0 unspecified atom stereocenters. The monoisotopic (exact) mass is 395 g/mol. The molecule has 4 heterocycles. The van der Waals surface area contributed by atoms with Crippen LogP contribution in [0.3, 0.4) is 0 Å². The molecule has 4 aliphatic rings. The van der Waals surface area contributed by atoms with Gasteiger partial charge in [0.2, 0.25) is 0 Å². The van der Waals surface area contributed by atoms with Gasteiger partial charge >= 0.3 is 6.03 Å². The number of rotatable bonds is 2. The Balaban J connectivity index is 1.07. The summed E-state index contributed by atoms with van der Waals surface area (Å²) in [5.74, 6) is 1.17. The summed E-state index contributed by atoms with van der Waals surface area (Å²) in [6, 6.07) is 2.07. The second-order valence-corrected chi connectivity index (χ2v) is 11.5. The zero-order valence-corrected chi connectivity index (χ0v) is 16.1. The predicted molar refractivity (Wildman–Crippen MR) is 97.7 cm³/mol. The fourth-order valence-electron chi connectivity index (χ4n) is 5.54. The van der Waals surface area contributed by atoms with Gasteiger partial charge in [0.15, 0.2) is 9.84 Å². The third-order valence-corrected chi connectivity index (χ3v) is 8.74. The lowest BCUT2D eigenvalue weighted by atomic mass is 9.56. The minimum Gasteiger partial charge on any atom is -0.323 e. The predicted octanol–water partition coefficient (Wildman–Crippen LogP) is 1.84. The van der Waals surface area contributed by atoms with E-state index in [1.165, 1.54) is 5.56 Å². The molecule has 0 bridgehead atoms. The molecule has 2 spiro atoms. The second kappa shape index (κ2) is 5.35. The molecule has 3 aliphatic heterocycles. The number of carbonyl (C=O) groups excluding carboxylic acids is 1. The molecule has 1 aliphatic carbocycles. The van der Waals surface area contributed by atoms with E-state index in [1.54, 1.807) is 6.20 Å². The fourth-order valence-corrected chi connectivity index (χ4v) is 7.88. The van der Waals surface area contributed by atoms with Gasteiger partial charge < -0.3 is 9.80 Å². The lowest BCUT2D eigenvalue weighted by molar-refractivity contribution is -0.0848. The first-order valence-corrected chi connectivity index (χ1v) is 11.3.